The molecule has 1 N–H and O–H groups in total. The van der Waals surface area contributed by atoms with Crippen molar-refractivity contribution in [2.45, 2.75) is 32.6 Å². The van der Waals surface area contributed by atoms with E-state index in [2.05, 4.69) is 18.3 Å². The van der Waals surface area contributed by atoms with Crippen molar-refractivity contribution < 1.29 is 4.79 Å². The van der Waals surface area contributed by atoms with E-state index < -0.39 is 0 Å². The Morgan fingerprint density at radius 1 is 1.32 bits per heavy atom. The van der Waals surface area contributed by atoms with Gasteiger partial charge in [-0.1, -0.05) is 13.0 Å². The molecule has 1 atom stereocenters. The molecule has 102 valence electrons. The molecule has 3 nitrogen and oxygen atoms in total. The number of likely N-dealkylation sites (tertiary alicyclic amines) is 1. The van der Waals surface area contributed by atoms with Crippen molar-refractivity contribution >= 4 is 11.6 Å². The quantitative estimate of drug-likeness (QED) is 0.840. The standard InChI is InChI=1S/C16H22N2O/c1-12-3-2-9-18(10-7-12)16(19)14-5-4-13-6-8-17-15(13)11-14/h4-5,11-12,17H,2-3,6-10H2,1H3. The zero-order valence-corrected chi connectivity index (χ0v) is 11.6. The molecule has 1 aromatic rings. The van der Waals surface area contributed by atoms with E-state index in [4.69, 9.17) is 0 Å². The first-order valence-corrected chi connectivity index (χ1v) is 7.40. The topological polar surface area (TPSA) is 32.3 Å². The summed E-state index contributed by atoms with van der Waals surface area (Å²) >= 11 is 0. The third kappa shape index (κ3) is 2.60. The maximum absolute atomic E-state index is 12.6. The highest BCUT2D eigenvalue weighted by Crippen LogP contribution is 2.25. The maximum Gasteiger partial charge on any atom is 0.253 e. The van der Waals surface area contributed by atoms with Gasteiger partial charge in [-0.25, -0.2) is 0 Å². The van der Waals surface area contributed by atoms with E-state index in [0.29, 0.717) is 0 Å². The van der Waals surface area contributed by atoms with Gasteiger partial charge in [0.2, 0.25) is 0 Å². The summed E-state index contributed by atoms with van der Waals surface area (Å²) < 4.78 is 0. The van der Waals surface area contributed by atoms with Crippen molar-refractivity contribution in [1.82, 2.24) is 4.90 Å². The van der Waals surface area contributed by atoms with Crippen LogP contribution in [-0.4, -0.2) is 30.4 Å². The van der Waals surface area contributed by atoms with Crippen LogP contribution in [0.15, 0.2) is 18.2 Å². The van der Waals surface area contributed by atoms with Crippen LogP contribution in [0.2, 0.25) is 0 Å². The van der Waals surface area contributed by atoms with E-state index >= 15 is 0 Å². The van der Waals surface area contributed by atoms with Gasteiger partial charge in [-0.15, -0.1) is 0 Å². The summed E-state index contributed by atoms with van der Waals surface area (Å²) in [6.45, 7) is 5.10. The first-order chi connectivity index (χ1) is 9.24. The van der Waals surface area contributed by atoms with Crippen LogP contribution >= 0.6 is 0 Å². The number of nitrogens with one attached hydrogen (secondary N) is 1. The van der Waals surface area contributed by atoms with E-state index in [1.807, 2.05) is 17.0 Å². The van der Waals surface area contributed by atoms with Crippen molar-refractivity contribution in [2.24, 2.45) is 5.92 Å². The second kappa shape index (κ2) is 5.24. The Kier molecular flexibility index (Phi) is 3.45. The molecule has 0 saturated carbocycles. The highest BCUT2D eigenvalue weighted by atomic mass is 16.2. The molecule has 1 unspecified atom stereocenters. The molecule has 1 saturated heterocycles. The average molecular weight is 258 g/mol. The Hall–Kier alpha value is -1.51. The molecular weight excluding hydrogens is 236 g/mol. The monoisotopic (exact) mass is 258 g/mol. The average Bonchev–Trinajstić information content (AvgIpc) is 2.78. The van der Waals surface area contributed by atoms with E-state index in [9.17, 15) is 4.79 Å². The highest BCUT2D eigenvalue weighted by molar-refractivity contribution is 5.95. The van der Waals surface area contributed by atoms with E-state index in [0.717, 1.165) is 56.1 Å². The van der Waals surface area contributed by atoms with Crippen LogP contribution in [0.4, 0.5) is 5.69 Å². The summed E-state index contributed by atoms with van der Waals surface area (Å²) in [4.78, 5) is 14.6. The maximum atomic E-state index is 12.6. The fourth-order valence-corrected chi connectivity index (χ4v) is 3.07. The zero-order valence-electron chi connectivity index (χ0n) is 11.6. The van der Waals surface area contributed by atoms with Gasteiger partial charge in [0.15, 0.2) is 0 Å². The van der Waals surface area contributed by atoms with Crippen LogP contribution in [0, 0.1) is 5.92 Å². The number of carbonyl (C=O) groups is 1. The number of hydrogen-bond acceptors (Lipinski definition) is 2. The van der Waals surface area contributed by atoms with Crippen LogP contribution in [0.5, 0.6) is 0 Å². The lowest BCUT2D eigenvalue weighted by molar-refractivity contribution is 0.0760. The summed E-state index contributed by atoms with van der Waals surface area (Å²) in [6, 6.07) is 6.12. The molecule has 19 heavy (non-hydrogen) atoms. The van der Waals surface area contributed by atoms with Crippen molar-refractivity contribution in [3.63, 3.8) is 0 Å². The minimum Gasteiger partial charge on any atom is -0.384 e. The largest absolute Gasteiger partial charge is 0.384 e. The summed E-state index contributed by atoms with van der Waals surface area (Å²) in [6.07, 6.45) is 4.59. The van der Waals surface area contributed by atoms with Crippen molar-refractivity contribution in [3.05, 3.63) is 29.3 Å². The van der Waals surface area contributed by atoms with Gasteiger partial charge < -0.3 is 10.2 Å². The third-order valence-corrected chi connectivity index (χ3v) is 4.37. The van der Waals surface area contributed by atoms with E-state index in [1.54, 1.807) is 0 Å². The Bertz CT molecular complexity index is 484. The number of rotatable bonds is 1. The van der Waals surface area contributed by atoms with Gasteiger partial charge in [-0.2, -0.15) is 0 Å². The number of anilines is 1. The van der Waals surface area contributed by atoms with Gasteiger partial charge in [0.1, 0.15) is 0 Å². The first kappa shape index (κ1) is 12.5. The lowest BCUT2D eigenvalue weighted by atomic mass is 10.0. The summed E-state index contributed by atoms with van der Waals surface area (Å²) in [5, 5.41) is 3.35. The molecule has 1 fully saturated rings. The van der Waals surface area contributed by atoms with Gasteiger partial charge in [-0.3, -0.25) is 4.79 Å². The molecule has 1 amide bonds. The van der Waals surface area contributed by atoms with Crippen LogP contribution in [0.25, 0.3) is 0 Å². The first-order valence-electron chi connectivity index (χ1n) is 7.40. The van der Waals surface area contributed by atoms with Crippen molar-refractivity contribution in [1.29, 1.82) is 0 Å². The van der Waals surface area contributed by atoms with E-state index in [1.165, 1.54) is 12.0 Å². The Morgan fingerprint density at radius 2 is 2.21 bits per heavy atom. The second-order valence-electron chi connectivity index (χ2n) is 5.88. The van der Waals surface area contributed by atoms with Gasteiger partial charge in [-0.05, 0) is 49.3 Å². The molecule has 0 radical (unpaired) electrons. The molecule has 0 aliphatic carbocycles. The van der Waals surface area contributed by atoms with Crippen molar-refractivity contribution in [2.75, 3.05) is 25.0 Å². The fraction of sp³-hybridized carbons (Fsp3) is 0.562. The van der Waals surface area contributed by atoms with E-state index in [-0.39, 0.29) is 5.91 Å². The molecular formula is C16H22N2O. The number of amides is 1. The Balaban J connectivity index is 1.76. The van der Waals surface area contributed by atoms with Crippen molar-refractivity contribution in [3.8, 4) is 0 Å². The van der Waals surface area contributed by atoms with Gasteiger partial charge in [0.05, 0.1) is 0 Å². The number of benzene rings is 1. The fourth-order valence-electron chi connectivity index (χ4n) is 3.07. The number of fused-ring (bicyclic) bond motifs is 1. The lowest BCUT2D eigenvalue weighted by Gasteiger charge is -2.20. The van der Waals surface area contributed by atoms with Crippen LogP contribution in [0.3, 0.4) is 0 Å². The molecule has 0 aromatic heterocycles. The molecule has 3 heteroatoms. The third-order valence-electron chi connectivity index (χ3n) is 4.37. The van der Waals surface area contributed by atoms with Gasteiger partial charge in [0, 0.05) is 30.9 Å². The van der Waals surface area contributed by atoms with Crippen LogP contribution in [-0.2, 0) is 6.42 Å². The smallest absolute Gasteiger partial charge is 0.253 e. The van der Waals surface area contributed by atoms with Gasteiger partial charge >= 0.3 is 0 Å². The minimum atomic E-state index is 0.200. The molecule has 2 aliphatic heterocycles. The molecule has 0 spiro atoms. The summed E-state index contributed by atoms with van der Waals surface area (Å²) in [7, 11) is 0. The molecule has 2 aliphatic rings. The second-order valence-corrected chi connectivity index (χ2v) is 5.88. The normalized spacial score (nSPS) is 22.6. The Labute approximate surface area is 115 Å². The lowest BCUT2D eigenvalue weighted by Crippen LogP contribution is -2.32. The van der Waals surface area contributed by atoms with Crippen LogP contribution < -0.4 is 5.32 Å². The molecule has 1 aromatic carbocycles. The number of carbonyl (C=O) groups excluding carboxylic acids is 1. The minimum absolute atomic E-state index is 0.200. The van der Waals surface area contributed by atoms with Crippen LogP contribution in [0.1, 0.15) is 42.1 Å². The number of nitrogens with zero attached hydrogens (tertiary/aromatic N) is 1. The molecule has 3 rings (SSSR count). The predicted molar refractivity (Wildman–Crippen MR) is 77.6 cm³/mol. The summed E-state index contributed by atoms with van der Waals surface area (Å²) in [5.74, 6) is 0.949. The predicted octanol–water partition coefficient (Wildman–Crippen LogP) is 2.92. The highest BCUT2D eigenvalue weighted by Gasteiger charge is 2.21. The molecule has 0 bridgehead atoms. The van der Waals surface area contributed by atoms with Gasteiger partial charge in [0.25, 0.3) is 5.91 Å². The number of hydrogen-bond donors (Lipinski definition) is 1. The zero-order chi connectivity index (χ0) is 13.2. The SMILES string of the molecule is CC1CCCN(C(=O)c2ccc3c(c2)NCC3)CC1. The Morgan fingerprint density at radius 3 is 3.11 bits per heavy atom. The summed E-state index contributed by atoms with van der Waals surface area (Å²) in [5.41, 5.74) is 3.32. The molecule has 2 heterocycles.